The van der Waals surface area contributed by atoms with Crippen molar-refractivity contribution >= 4 is 15.6 Å². The van der Waals surface area contributed by atoms with E-state index in [1.807, 2.05) is 0 Å². The summed E-state index contributed by atoms with van der Waals surface area (Å²) in [6.07, 6.45) is -57.8. The molecule has 33 heteroatoms. The molecule has 4 fully saturated rings. The zero-order chi connectivity index (χ0) is 46.0. The summed E-state index contributed by atoms with van der Waals surface area (Å²) >= 11 is 0. The SMILES string of the molecule is O=P(O[C@@H]1O[C@H]([C@@H](O)CO)[C@@H](O)[C@H](O)[C@@H]1O)(O[C@@H]1O[C@H]([C@@H](O)CO)[C@@H](O)[C@H](O)[C@@H]1O)OP(=O)(O[C@@H]1O[C@H]([C@@H](O)CO)[C@@H](O)[C@H](O)[C@@H]1O)O[C@@H]1O[C@H]([C@@H](O)CO)[C@@H](O)[C@H](O)[C@@H]1O. The molecule has 0 radical (unpaired) electrons. The standard InChI is InChI=1S/C28H52O31P2/c29-1-5(33)21-13(41)9(37)17(45)25(51-21)55-60(49,56-26-18(46)10(38)14(42)22(52-26)6(34)2-30)59-61(50,57-27-19(47)11(39)15(43)23(53-27)7(35)3-31)58-28-20(48)12(40)16(44)24(54-28)8(36)4-32/h5-48H,1-4H2/t5-,6-,7-,8-,9-,10-,11-,12-,13-,14-,15-,16-,17-,18-,19-,20-,21+,22+,23+,24+,25-,26-,27-,28-/m0/s1. The summed E-state index contributed by atoms with van der Waals surface area (Å²) in [7, 11) is -13.0. The second kappa shape index (κ2) is 21.7. The predicted molar refractivity (Wildman–Crippen MR) is 180 cm³/mol. The average Bonchev–Trinajstić information content (AvgIpc) is 3.23. The van der Waals surface area contributed by atoms with Gasteiger partial charge in [0.2, 0.25) is 0 Å². The molecule has 61 heavy (non-hydrogen) atoms. The molecule has 20 N–H and O–H groups in total. The summed E-state index contributed by atoms with van der Waals surface area (Å²) in [5.41, 5.74) is 0. The lowest BCUT2D eigenvalue weighted by Crippen LogP contribution is -2.62. The maximum atomic E-state index is 14.8. The summed E-state index contributed by atoms with van der Waals surface area (Å²) in [6, 6.07) is 0. The average molecular weight is 947 g/mol. The minimum atomic E-state index is -6.52. The summed E-state index contributed by atoms with van der Waals surface area (Å²) in [4.78, 5) is 0. The Morgan fingerprint density at radius 2 is 0.525 bits per heavy atom. The van der Waals surface area contributed by atoms with Crippen LogP contribution in [0.4, 0.5) is 0 Å². The minimum absolute atomic E-state index is 1.22. The molecular formula is C28H52O31P2. The third-order valence-electron chi connectivity index (χ3n) is 9.82. The van der Waals surface area contributed by atoms with Crippen LogP contribution in [0.15, 0.2) is 0 Å². The highest BCUT2D eigenvalue weighted by molar-refractivity contribution is 7.62. The molecule has 4 heterocycles. The first kappa shape index (κ1) is 52.9. The molecule has 24 atom stereocenters. The van der Waals surface area contributed by atoms with Gasteiger partial charge in [-0.15, -0.1) is 0 Å². The molecule has 4 aliphatic rings. The van der Waals surface area contributed by atoms with Gasteiger partial charge in [-0.25, -0.2) is 9.13 Å². The van der Waals surface area contributed by atoms with Crippen molar-refractivity contribution < 1.29 is 153 Å². The van der Waals surface area contributed by atoms with E-state index >= 15 is 0 Å². The lowest BCUT2D eigenvalue weighted by molar-refractivity contribution is -0.311. The van der Waals surface area contributed by atoms with Crippen LogP contribution >= 0.6 is 15.6 Å². The highest BCUT2D eigenvalue weighted by Gasteiger charge is 2.59. The fraction of sp³-hybridized carbons (Fsp3) is 1.00. The maximum absolute atomic E-state index is 14.8. The second-order valence-corrected chi connectivity index (χ2v) is 17.4. The molecule has 4 rings (SSSR count). The van der Waals surface area contributed by atoms with Gasteiger partial charge in [-0.05, 0) is 0 Å². The first-order chi connectivity index (χ1) is 28.4. The van der Waals surface area contributed by atoms with Crippen LogP contribution in [0.3, 0.4) is 0 Å². The summed E-state index contributed by atoms with van der Waals surface area (Å²) in [6.45, 7) is -4.88. The van der Waals surface area contributed by atoms with Crippen LogP contribution < -0.4 is 0 Å². The van der Waals surface area contributed by atoms with Gasteiger partial charge in [-0.3, -0.25) is 18.1 Å². The van der Waals surface area contributed by atoms with E-state index < -0.39 is 189 Å². The Balaban J connectivity index is 1.86. The van der Waals surface area contributed by atoms with Gasteiger partial charge in [0.25, 0.3) is 0 Å². The van der Waals surface area contributed by atoms with Crippen molar-refractivity contribution in [3.63, 3.8) is 0 Å². The first-order valence-electron chi connectivity index (χ1n) is 18.0. The van der Waals surface area contributed by atoms with E-state index in [0.717, 1.165) is 0 Å². The third kappa shape index (κ3) is 11.6. The van der Waals surface area contributed by atoms with E-state index in [-0.39, 0.29) is 0 Å². The van der Waals surface area contributed by atoms with Crippen molar-refractivity contribution in [2.45, 2.75) is 147 Å². The fourth-order valence-corrected chi connectivity index (χ4v) is 9.70. The lowest BCUT2D eigenvalue weighted by atomic mass is 9.96. The molecular weight excluding hydrogens is 894 g/mol. The molecule has 4 saturated heterocycles. The molecule has 0 spiro atoms. The summed E-state index contributed by atoms with van der Waals surface area (Å²) in [5.74, 6) is 0. The number of phosphoric acid groups is 2. The molecule has 0 aromatic heterocycles. The van der Waals surface area contributed by atoms with Gasteiger partial charge in [0, 0.05) is 0 Å². The van der Waals surface area contributed by atoms with Crippen LogP contribution in [0, 0.1) is 0 Å². The highest BCUT2D eigenvalue weighted by atomic mass is 31.3. The first-order valence-corrected chi connectivity index (χ1v) is 20.9. The van der Waals surface area contributed by atoms with Gasteiger partial charge >= 0.3 is 15.6 Å². The molecule has 4 aliphatic heterocycles. The van der Waals surface area contributed by atoms with Crippen molar-refractivity contribution in [2.75, 3.05) is 26.4 Å². The second-order valence-electron chi connectivity index (χ2n) is 14.2. The van der Waals surface area contributed by atoms with Crippen LogP contribution in [0.1, 0.15) is 0 Å². The third-order valence-corrected chi connectivity index (χ3v) is 13.3. The Kier molecular flexibility index (Phi) is 18.9. The summed E-state index contributed by atoms with van der Waals surface area (Å²) in [5, 5.41) is 205. The molecule has 0 aliphatic carbocycles. The molecule has 31 nitrogen and oxygen atoms in total. The van der Waals surface area contributed by atoms with Crippen molar-refractivity contribution in [1.29, 1.82) is 0 Å². The van der Waals surface area contributed by atoms with E-state index in [4.69, 9.17) is 41.4 Å². The van der Waals surface area contributed by atoms with E-state index in [0.29, 0.717) is 0 Å². The quantitative estimate of drug-likeness (QED) is 0.0567. The normalized spacial score (nSPS) is 44.9. The zero-order valence-corrected chi connectivity index (χ0v) is 32.8. The Morgan fingerprint density at radius 3 is 0.689 bits per heavy atom. The molecule has 360 valence electrons. The summed E-state index contributed by atoms with van der Waals surface area (Å²) < 4.78 is 75.6. The van der Waals surface area contributed by atoms with E-state index in [1.54, 1.807) is 0 Å². The number of hydrogen-bond acceptors (Lipinski definition) is 31. The van der Waals surface area contributed by atoms with Crippen LogP contribution in [0.2, 0.25) is 0 Å². The van der Waals surface area contributed by atoms with Crippen LogP contribution in [0.5, 0.6) is 0 Å². The molecule has 0 saturated carbocycles. The number of ether oxygens (including phenoxy) is 4. The monoisotopic (exact) mass is 946 g/mol. The molecule has 0 amide bonds. The van der Waals surface area contributed by atoms with Gasteiger partial charge in [-0.1, -0.05) is 0 Å². The number of phosphoric ester groups is 2. The Labute approximate surface area is 342 Å². The van der Waals surface area contributed by atoms with Crippen molar-refractivity contribution in [2.24, 2.45) is 0 Å². The largest absolute Gasteiger partial charge is 0.488 e. The Morgan fingerprint density at radius 1 is 0.344 bits per heavy atom. The maximum Gasteiger partial charge on any atom is 0.488 e. The fourth-order valence-electron chi connectivity index (χ4n) is 6.29. The van der Waals surface area contributed by atoms with Crippen molar-refractivity contribution in [1.82, 2.24) is 0 Å². The van der Waals surface area contributed by atoms with Gasteiger partial charge in [0.1, 0.15) is 122 Å². The molecule has 0 unspecified atom stereocenters. The van der Waals surface area contributed by atoms with E-state index in [2.05, 4.69) is 0 Å². The van der Waals surface area contributed by atoms with Gasteiger partial charge in [-0.2, -0.15) is 4.31 Å². The predicted octanol–water partition coefficient (Wildman–Crippen LogP) is -12.1. The van der Waals surface area contributed by atoms with Gasteiger partial charge in [0.15, 0.2) is 25.2 Å². The van der Waals surface area contributed by atoms with Gasteiger partial charge < -0.3 is 121 Å². The number of aliphatic hydroxyl groups is 20. The topological polar surface area (TPSA) is 522 Å². The number of hydrogen-bond donors (Lipinski definition) is 20. The number of aliphatic hydroxyl groups excluding tert-OH is 20. The van der Waals surface area contributed by atoms with E-state index in [9.17, 15) is 111 Å². The van der Waals surface area contributed by atoms with Crippen molar-refractivity contribution in [3.8, 4) is 0 Å². The minimum Gasteiger partial charge on any atom is -0.394 e. The Bertz CT molecular complexity index is 1270. The van der Waals surface area contributed by atoms with Gasteiger partial charge in [0.05, 0.1) is 26.4 Å². The lowest BCUT2D eigenvalue weighted by Gasteiger charge is -2.45. The van der Waals surface area contributed by atoms with E-state index in [1.165, 1.54) is 0 Å². The van der Waals surface area contributed by atoms with Crippen LogP contribution in [-0.4, -0.2) is 276 Å². The van der Waals surface area contributed by atoms with Crippen LogP contribution in [0.25, 0.3) is 0 Å². The van der Waals surface area contributed by atoms with Crippen LogP contribution in [-0.2, 0) is 50.5 Å². The zero-order valence-electron chi connectivity index (χ0n) is 31.0. The molecule has 0 aromatic rings. The number of rotatable bonds is 18. The highest BCUT2D eigenvalue weighted by Crippen LogP contribution is 2.69. The Hall–Kier alpha value is -0.700. The smallest absolute Gasteiger partial charge is 0.394 e. The molecule has 0 bridgehead atoms. The molecule has 0 aromatic carbocycles. The van der Waals surface area contributed by atoms with Crippen molar-refractivity contribution in [3.05, 3.63) is 0 Å².